The summed E-state index contributed by atoms with van der Waals surface area (Å²) in [6.07, 6.45) is 4.40. The van der Waals surface area contributed by atoms with E-state index in [1.807, 2.05) is 47.8 Å². The van der Waals surface area contributed by atoms with Gasteiger partial charge in [-0.2, -0.15) is 0 Å². The van der Waals surface area contributed by atoms with E-state index in [9.17, 15) is 24.0 Å². The number of ketones is 2. The summed E-state index contributed by atoms with van der Waals surface area (Å²) in [6.45, 7) is 0.911. The third kappa shape index (κ3) is 9.31. The second-order valence-corrected chi connectivity index (χ2v) is 12.7. The standard InChI is InChI=1S/C38H37ClN4O5S/c39-25-35(46)43(36(33-14-9-23-49-33)38(48)41-22-20-26-10-3-1-4-11-26)28-18-16-27(17-19-28)42-34(45)15-5-2-8-21-40-31-24-32(44)29-12-6-7-13-30(29)37(31)47/h1,3-4,6-7,9-14,16-19,23-24,36,40H,2,5,8,15,20-22,25H2,(H,41,48)(H,42,45). The van der Waals surface area contributed by atoms with E-state index in [-0.39, 0.29) is 29.3 Å². The molecule has 0 bridgehead atoms. The fourth-order valence-electron chi connectivity index (χ4n) is 5.58. The molecule has 0 fully saturated rings. The number of hydrogen-bond acceptors (Lipinski definition) is 7. The van der Waals surface area contributed by atoms with Crippen LogP contribution in [0.4, 0.5) is 11.4 Å². The van der Waals surface area contributed by atoms with Crippen molar-refractivity contribution < 1.29 is 24.0 Å². The molecule has 0 aliphatic heterocycles. The molecule has 0 saturated carbocycles. The maximum atomic E-state index is 13.6. The monoisotopic (exact) mass is 696 g/mol. The number of fused-ring (bicyclic) bond motifs is 1. The van der Waals surface area contributed by atoms with E-state index in [2.05, 4.69) is 16.0 Å². The zero-order valence-electron chi connectivity index (χ0n) is 26.8. The maximum absolute atomic E-state index is 13.6. The Labute approximate surface area is 294 Å². The summed E-state index contributed by atoms with van der Waals surface area (Å²) in [5, 5.41) is 10.8. The maximum Gasteiger partial charge on any atom is 0.248 e. The number of unbranched alkanes of at least 4 members (excludes halogenated alkanes) is 2. The predicted molar refractivity (Wildman–Crippen MR) is 193 cm³/mol. The number of rotatable bonds is 16. The van der Waals surface area contributed by atoms with Crippen LogP contribution < -0.4 is 20.9 Å². The molecule has 0 radical (unpaired) electrons. The molecule has 3 amide bonds. The van der Waals surface area contributed by atoms with Crippen LogP contribution in [0.2, 0.25) is 0 Å². The van der Waals surface area contributed by atoms with Crippen LogP contribution in [0, 0.1) is 0 Å². The molecule has 3 N–H and O–H groups in total. The molecule has 1 aromatic heterocycles. The Hall–Kier alpha value is -5.06. The van der Waals surface area contributed by atoms with E-state index in [1.54, 1.807) is 48.5 Å². The lowest BCUT2D eigenvalue weighted by molar-refractivity contribution is -0.125. The van der Waals surface area contributed by atoms with Gasteiger partial charge in [-0.1, -0.05) is 67.1 Å². The molecule has 1 unspecified atom stereocenters. The molecular formula is C38H37ClN4O5S. The van der Waals surface area contributed by atoms with Crippen molar-refractivity contribution in [3.05, 3.63) is 130 Å². The minimum atomic E-state index is -0.916. The Kier molecular flexibility index (Phi) is 12.5. The number of alkyl halides is 1. The number of Topliss-reactive ketones (excluding diaryl/α,β-unsaturated/α-hetero) is 1. The number of thiophene rings is 1. The number of nitrogens with zero attached hydrogens (tertiary/aromatic N) is 1. The topological polar surface area (TPSA) is 125 Å². The van der Waals surface area contributed by atoms with E-state index < -0.39 is 11.9 Å². The Morgan fingerprint density at radius 3 is 2.24 bits per heavy atom. The van der Waals surface area contributed by atoms with E-state index in [1.165, 1.54) is 22.3 Å². The molecule has 1 heterocycles. The first kappa shape index (κ1) is 35.3. The highest BCUT2D eigenvalue weighted by Crippen LogP contribution is 2.32. The van der Waals surface area contributed by atoms with E-state index in [0.717, 1.165) is 18.4 Å². The molecule has 0 saturated heterocycles. The highest BCUT2D eigenvalue weighted by atomic mass is 35.5. The summed E-state index contributed by atoms with van der Waals surface area (Å²) in [7, 11) is 0. The fraction of sp³-hybridized carbons (Fsp3) is 0.237. The van der Waals surface area contributed by atoms with Crippen LogP contribution in [0.5, 0.6) is 0 Å². The smallest absolute Gasteiger partial charge is 0.248 e. The van der Waals surface area contributed by atoms with Crippen molar-refractivity contribution in [2.75, 3.05) is 29.2 Å². The van der Waals surface area contributed by atoms with Crippen LogP contribution >= 0.6 is 22.9 Å². The molecule has 0 spiro atoms. The van der Waals surface area contributed by atoms with Crippen LogP contribution in [0.3, 0.4) is 0 Å². The molecule has 1 aliphatic carbocycles. The van der Waals surface area contributed by atoms with Crippen LogP contribution in [0.25, 0.3) is 0 Å². The molecular weight excluding hydrogens is 660 g/mol. The van der Waals surface area contributed by atoms with Gasteiger partial charge in [0.05, 0.1) is 5.70 Å². The summed E-state index contributed by atoms with van der Waals surface area (Å²) < 4.78 is 0. The second-order valence-electron chi connectivity index (χ2n) is 11.5. The molecule has 49 heavy (non-hydrogen) atoms. The van der Waals surface area contributed by atoms with Crippen LogP contribution in [-0.4, -0.2) is 48.3 Å². The normalized spacial score (nSPS) is 12.8. The van der Waals surface area contributed by atoms with Crippen molar-refractivity contribution in [1.82, 2.24) is 10.6 Å². The number of benzene rings is 3. The summed E-state index contributed by atoms with van der Waals surface area (Å²) in [5.41, 5.74) is 3.24. The van der Waals surface area contributed by atoms with E-state index in [0.29, 0.717) is 65.4 Å². The van der Waals surface area contributed by atoms with Gasteiger partial charge in [-0.25, -0.2) is 0 Å². The zero-order chi connectivity index (χ0) is 34.6. The van der Waals surface area contributed by atoms with Crippen LogP contribution in [0.15, 0.2) is 108 Å². The number of nitrogens with one attached hydrogen (secondary N) is 3. The SMILES string of the molecule is O=C(CCCCCNC1=CC(=O)c2ccccc2C1=O)Nc1ccc(N(C(=O)CCl)C(C(=O)NCCc2ccccc2)c2cccs2)cc1. The van der Waals surface area contributed by atoms with Crippen molar-refractivity contribution in [2.24, 2.45) is 0 Å². The van der Waals surface area contributed by atoms with Gasteiger partial charge in [0.2, 0.25) is 23.5 Å². The summed E-state index contributed by atoms with van der Waals surface area (Å²) in [5.74, 6) is -1.60. The largest absolute Gasteiger partial charge is 0.382 e. The molecule has 1 aliphatic rings. The number of halogens is 1. The number of allylic oxidation sites excluding steroid dienone is 2. The second kappa shape index (κ2) is 17.4. The first-order valence-electron chi connectivity index (χ1n) is 16.1. The van der Waals surface area contributed by atoms with Crippen molar-refractivity contribution in [3.63, 3.8) is 0 Å². The lowest BCUT2D eigenvalue weighted by Crippen LogP contribution is -2.44. The number of carbonyl (C=O) groups is 5. The first-order valence-corrected chi connectivity index (χ1v) is 17.5. The van der Waals surface area contributed by atoms with Gasteiger partial charge in [-0.3, -0.25) is 28.9 Å². The Morgan fingerprint density at radius 2 is 1.53 bits per heavy atom. The summed E-state index contributed by atoms with van der Waals surface area (Å²) in [6, 6.07) is 26.1. The minimum Gasteiger partial charge on any atom is -0.382 e. The van der Waals surface area contributed by atoms with Crippen molar-refractivity contribution in [2.45, 2.75) is 38.1 Å². The highest BCUT2D eigenvalue weighted by molar-refractivity contribution is 7.10. The van der Waals surface area contributed by atoms with Crippen molar-refractivity contribution in [1.29, 1.82) is 0 Å². The lowest BCUT2D eigenvalue weighted by atomic mass is 9.93. The third-order valence-corrected chi connectivity index (χ3v) is 9.19. The van der Waals surface area contributed by atoms with Gasteiger partial charge in [0.15, 0.2) is 5.78 Å². The van der Waals surface area contributed by atoms with Gasteiger partial charge in [0.25, 0.3) is 0 Å². The molecule has 1 atom stereocenters. The molecule has 4 aromatic rings. The molecule has 11 heteroatoms. The van der Waals surface area contributed by atoms with Gasteiger partial charge in [-0.05, 0) is 60.5 Å². The molecule has 252 valence electrons. The van der Waals surface area contributed by atoms with Crippen molar-refractivity contribution in [3.8, 4) is 0 Å². The Morgan fingerprint density at radius 1 is 0.796 bits per heavy atom. The number of amides is 3. The Balaban J connectivity index is 1.12. The van der Waals surface area contributed by atoms with Gasteiger partial charge in [0, 0.05) is 53.0 Å². The summed E-state index contributed by atoms with van der Waals surface area (Å²) >= 11 is 7.41. The lowest BCUT2D eigenvalue weighted by Gasteiger charge is -2.30. The zero-order valence-corrected chi connectivity index (χ0v) is 28.4. The van der Waals surface area contributed by atoms with Crippen molar-refractivity contribution >= 4 is 63.6 Å². The predicted octanol–water partition coefficient (Wildman–Crippen LogP) is 6.47. The Bertz CT molecular complexity index is 1810. The minimum absolute atomic E-state index is 0.156. The molecule has 5 rings (SSSR count). The fourth-order valence-corrected chi connectivity index (χ4v) is 6.52. The average molecular weight is 697 g/mol. The first-order chi connectivity index (χ1) is 23.9. The average Bonchev–Trinajstić information content (AvgIpc) is 3.66. The van der Waals surface area contributed by atoms with Gasteiger partial charge in [0.1, 0.15) is 11.9 Å². The number of carbonyl (C=O) groups excluding carboxylic acids is 5. The van der Waals surface area contributed by atoms with Gasteiger partial charge >= 0.3 is 0 Å². The number of hydrogen-bond donors (Lipinski definition) is 3. The number of anilines is 2. The van der Waals surface area contributed by atoms with Crippen LogP contribution in [-0.2, 0) is 20.8 Å². The third-order valence-electron chi connectivity index (χ3n) is 8.04. The summed E-state index contributed by atoms with van der Waals surface area (Å²) in [4.78, 5) is 66.5. The molecule has 3 aromatic carbocycles. The highest BCUT2D eigenvalue weighted by Gasteiger charge is 2.33. The van der Waals surface area contributed by atoms with E-state index in [4.69, 9.17) is 11.6 Å². The molecule has 9 nitrogen and oxygen atoms in total. The van der Waals surface area contributed by atoms with Crippen LogP contribution in [0.1, 0.15) is 62.9 Å². The van der Waals surface area contributed by atoms with E-state index >= 15 is 0 Å². The van der Waals surface area contributed by atoms with Gasteiger partial charge in [-0.15, -0.1) is 22.9 Å². The van der Waals surface area contributed by atoms with Gasteiger partial charge < -0.3 is 16.0 Å². The quantitative estimate of drug-likeness (QED) is 0.0911.